The summed E-state index contributed by atoms with van der Waals surface area (Å²) in [6.45, 7) is 11.4. The number of Topliss-reactive ketones (excluding diaryl/α,β-unsaturated/α-hetero) is 2. The molecule has 0 unspecified atom stereocenters. The van der Waals surface area contributed by atoms with Gasteiger partial charge in [0.05, 0.1) is 28.2 Å². The number of ketones is 2. The summed E-state index contributed by atoms with van der Waals surface area (Å²) in [7, 11) is 0. The van der Waals surface area contributed by atoms with E-state index < -0.39 is 45.6 Å². The van der Waals surface area contributed by atoms with Crippen LogP contribution in [0.15, 0.2) is 35.9 Å². The molecule has 0 amide bonds. The number of halogens is 2. The topological polar surface area (TPSA) is 93.1 Å². The molecule has 6 nitrogen and oxygen atoms in total. The molecule has 0 bridgehead atoms. The monoisotopic (exact) mass is 480 g/mol. The summed E-state index contributed by atoms with van der Waals surface area (Å²) in [6, 6.07) is 2.14. The van der Waals surface area contributed by atoms with E-state index in [0.29, 0.717) is 12.8 Å². The first-order chi connectivity index (χ1) is 14.7. The number of aromatic hydroxyl groups is 2. The third-order valence-electron chi connectivity index (χ3n) is 6.71. The lowest BCUT2D eigenvalue weighted by Gasteiger charge is -2.52. The summed E-state index contributed by atoms with van der Waals surface area (Å²) < 4.78 is 12.7. The van der Waals surface area contributed by atoms with Crippen molar-refractivity contribution in [2.75, 3.05) is 0 Å². The lowest BCUT2D eigenvalue weighted by atomic mass is 9.71. The number of benzene rings is 1. The van der Waals surface area contributed by atoms with Crippen LogP contribution in [0.3, 0.4) is 0 Å². The standard InChI is InChI=1S/C24H26Cl2O6/c1-11-6-7-16(25)22(2,3)21(11)31-24-14(10-17(26)23(4,5)32-24)19(29)18-13(20(24)30)8-12(27)9-15(18)28/h8-10,16-17,21,27-28H,1,6-7H2,2-5H3/t16-,17+,21+,24+/m0/s1. The second-order valence-electron chi connectivity index (χ2n) is 9.83. The van der Waals surface area contributed by atoms with Gasteiger partial charge in [-0.1, -0.05) is 26.5 Å². The van der Waals surface area contributed by atoms with E-state index in [1.54, 1.807) is 13.8 Å². The lowest BCUT2D eigenvalue weighted by molar-refractivity contribution is -0.259. The molecule has 172 valence electrons. The van der Waals surface area contributed by atoms with Crippen LogP contribution in [-0.2, 0) is 9.47 Å². The molecule has 2 aliphatic carbocycles. The first-order valence-corrected chi connectivity index (χ1v) is 11.3. The molecule has 8 heteroatoms. The van der Waals surface area contributed by atoms with Gasteiger partial charge in [-0.05, 0) is 38.3 Å². The maximum Gasteiger partial charge on any atom is 0.266 e. The third-order valence-corrected chi connectivity index (χ3v) is 8.14. The Bertz CT molecular complexity index is 1070. The molecule has 0 spiro atoms. The summed E-state index contributed by atoms with van der Waals surface area (Å²) in [4.78, 5) is 27.4. The van der Waals surface area contributed by atoms with Gasteiger partial charge in [0, 0.05) is 22.4 Å². The first kappa shape index (κ1) is 23.3. The Morgan fingerprint density at radius 1 is 1.16 bits per heavy atom. The normalized spacial score (nSPS) is 33.4. The van der Waals surface area contributed by atoms with Crippen molar-refractivity contribution in [3.63, 3.8) is 0 Å². The molecule has 32 heavy (non-hydrogen) atoms. The summed E-state index contributed by atoms with van der Waals surface area (Å²) in [5.41, 5.74) is -1.46. The van der Waals surface area contributed by atoms with Crippen molar-refractivity contribution in [2.24, 2.45) is 5.41 Å². The van der Waals surface area contributed by atoms with Crippen LogP contribution < -0.4 is 0 Å². The van der Waals surface area contributed by atoms with Gasteiger partial charge in [-0.2, -0.15) is 0 Å². The van der Waals surface area contributed by atoms with Crippen molar-refractivity contribution in [1.29, 1.82) is 0 Å². The fourth-order valence-electron chi connectivity index (χ4n) is 4.72. The highest BCUT2D eigenvalue weighted by atomic mass is 35.5. The predicted octanol–water partition coefficient (Wildman–Crippen LogP) is 4.88. The molecule has 0 aromatic heterocycles. The molecule has 4 atom stereocenters. The maximum absolute atomic E-state index is 13.9. The van der Waals surface area contributed by atoms with Crippen LogP contribution in [0.4, 0.5) is 0 Å². The maximum atomic E-state index is 13.9. The van der Waals surface area contributed by atoms with Gasteiger partial charge in [0.25, 0.3) is 5.79 Å². The number of alkyl halides is 2. The van der Waals surface area contributed by atoms with Gasteiger partial charge >= 0.3 is 0 Å². The number of fused-ring (bicyclic) bond motifs is 2. The number of phenols is 2. The molecule has 0 radical (unpaired) electrons. The first-order valence-electron chi connectivity index (χ1n) is 10.4. The van der Waals surface area contributed by atoms with Crippen LogP contribution >= 0.6 is 23.2 Å². The van der Waals surface area contributed by atoms with Crippen molar-refractivity contribution in [2.45, 2.75) is 68.8 Å². The molecule has 1 heterocycles. The predicted molar refractivity (Wildman–Crippen MR) is 121 cm³/mol. The summed E-state index contributed by atoms with van der Waals surface area (Å²) in [6.07, 6.45) is 2.06. The molecule has 1 aliphatic heterocycles. The third kappa shape index (κ3) is 3.23. The van der Waals surface area contributed by atoms with Crippen molar-refractivity contribution >= 4 is 34.8 Å². The van der Waals surface area contributed by atoms with Gasteiger partial charge in [0.1, 0.15) is 11.5 Å². The van der Waals surface area contributed by atoms with E-state index in [2.05, 4.69) is 6.58 Å². The summed E-state index contributed by atoms with van der Waals surface area (Å²) in [5.74, 6) is -4.36. The number of hydrogen-bond donors (Lipinski definition) is 2. The number of phenolic OH excluding ortho intramolecular Hbond substituents is 2. The molecular weight excluding hydrogens is 455 g/mol. The van der Waals surface area contributed by atoms with Crippen LogP contribution in [0.5, 0.6) is 11.5 Å². The van der Waals surface area contributed by atoms with Crippen LogP contribution in [0, 0.1) is 5.41 Å². The van der Waals surface area contributed by atoms with Crippen molar-refractivity contribution < 1.29 is 29.3 Å². The Balaban J connectivity index is 1.95. The Morgan fingerprint density at radius 3 is 2.47 bits per heavy atom. The minimum atomic E-state index is -2.13. The summed E-state index contributed by atoms with van der Waals surface area (Å²) >= 11 is 13.1. The molecule has 1 fully saturated rings. The van der Waals surface area contributed by atoms with Gasteiger partial charge in [0.2, 0.25) is 5.78 Å². The average Bonchev–Trinajstić information content (AvgIpc) is 2.68. The number of ether oxygens (including phenoxy) is 2. The van der Waals surface area contributed by atoms with Crippen molar-refractivity contribution in [1.82, 2.24) is 0 Å². The van der Waals surface area contributed by atoms with Crippen molar-refractivity contribution in [3.8, 4) is 11.5 Å². The number of carbonyl (C=O) groups excluding carboxylic acids is 2. The fraction of sp³-hybridized carbons (Fsp3) is 0.500. The van der Waals surface area contributed by atoms with Crippen LogP contribution in [-0.4, -0.2) is 50.0 Å². The largest absolute Gasteiger partial charge is 0.508 e. The van der Waals surface area contributed by atoms with Gasteiger partial charge in [0.15, 0.2) is 5.78 Å². The minimum Gasteiger partial charge on any atom is -0.508 e. The van der Waals surface area contributed by atoms with E-state index >= 15 is 0 Å². The quantitative estimate of drug-likeness (QED) is 0.462. The second kappa shape index (κ2) is 7.32. The zero-order valence-corrected chi connectivity index (χ0v) is 19.9. The SMILES string of the molecule is C=C1CC[C@H](Cl)C(C)(C)[C@@H]1O[C@@]12OC(C)(C)[C@H](Cl)C=C1C(=O)c1c(O)cc(O)cc1C2=O. The van der Waals surface area contributed by atoms with Crippen LogP contribution in [0.25, 0.3) is 0 Å². The molecule has 1 aromatic carbocycles. The number of hydrogen-bond acceptors (Lipinski definition) is 6. The van der Waals surface area contributed by atoms with Crippen molar-refractivity contribution in [3.05, 3.63) is 47.1 Å². The highest BCUT2D eigenvalue weighted by molar-refractivity contribution is 6.29. The molecule has 3 aliphatic rings. The van der Waals surface area contributed by atoms with E-state index in [1.807, 2.05) is 13.8 Å². The zero-order chi connectivity index (χ0) is 23.8. The highest BCUT2D eigenvalue weighted by Gasteiger charge is 2.62. The van der Waals surface area contributed by atoms with Gasteiger partial charge in [-0.3, -0.25) is 9.59 Å². The Labute approximate surface area is 196 Å². The fourth-order valence-corrected chi connectivity index (χ4v) is 5.12. The van der Waals surface area contributed by atoms with E-state index in [0.717, 1.165) is 17.7 Å². The number of carbonyl (C=O) groups is 2. The molecular formula is C24H26Cl2O6. The second-order valence-corrected chi connectivity index (χ2v) is 10.8. The lowest BCUT2D eigenvalue weighted by Crippen LogP contribution is -2.63. The zero-order valence-electron chi connectivity index (χ0n) is 18.4. The van der Waals surface area contributed by atoms with Gasteiger partial charge in [-0.15, -0.1) is 23.2 Å². The molecule has 0 saturated heterocycles. The van der Waals surface area contributed by atoms with Gasteiger partial charge in [-0.25, -0.2) is 0 Å². The van der Waals surface area contributed by atoms with Crippen LogP contribution in [0.2, 0.25) is 0 Å². The van der Waals surface area contributed by atoms with Crippen LogP contribution in [0.1, 0.15) is 61.3 Å². The van der Waals surface area contributed by atoms with Gasteiger partial charge < -0.3 is 19.7 Å². The minimum absolute atomic E-state index is 0.101. The van der Waals surface area contributed by atoms with E-state index in [4.69, 9.17) is 32.7 Å². The smallest absolute Gasteiger partial charge is 0.266 e. The average molecular weight is 481 g/mol. The van der Waals surface area contributed by atoms with E-state index in [1.165, 1.54) is 6.08 Å². The number of rotatable bonds is 2. The summed E-state index contributed by atoms with van der Waals surface area (Å²) in [5, 5.41) is 19.4. The Kier molecular flexibility index (Phi) is 5.33. The highest BCUT2D eigenvalue weighted by Crippen LogP contribution is 2.52. The Morgan fingerprint density at radius 2 is 1.81 bits per heavy atom. The Hall–Kier alpha value is -1.86. The van der Waals surface area contributed by atoms with E-state index in [-0.39, 0.29) is 27.8 Å². The molecule has 4 rings (SSSR count). The van der Waals surface area contributed by atoms with E-state index in [9.17, 15) is 19.8 Å². The molecule has 2 N–H and O–H groups in total. The molecule has 1 saturated carbocycles. The molecule has 1 aromatic rings.